The van der Waals surface area contributed by atoms with Gasteiger partial charge in [-0.1, -0.05) is 30.3 Å². The van der Waals surface area contributed by atoms with Crippen molar-refractivity contribution in [3.05, 3.63) is 53.3 Å². The molecule has 1 heterocycles. The molecule has 9 heteroatoms. The molecule has 3 rings (SSSR count). The number of carbonyl (C=O) groups is 2. The van der Waals surface area contributed by atoms with Crippen LogP contribution >= 0.6 is 0 Å². The van der Waals surface area contributed by atoms with Crippen LogP contribution in [-0.2, 0) is 27.1 Å². The molecule has 0 amide bonds. The van der Waals surface area contributed by atoms with Crippen molar-refractivity contribution in [1.82, 2.24) is 9.78 Å². The average molecular weight is 438 g/mol. The van der Waals surface area contributed by atoms with Crippen LogP contribution in [0.15, 0.2) is 36.5 Å². The van der Waals surface area contributed by atoms with Crippen molar-refractivity contribution in [2.45, 2.75) is 58.4 Å². The molecule has 6 nitrogen and oxygen atoms in total. The highest BCUT2D eigenvalue weighted by atomic mass is 19.4. The molecule has 0 N–H and O–H groups in total. The lowest BCUT2D eigenvalue weighted by Gasteiger charge is -2.35. The summed E-state index contributed by atoms with van der Waals surface area (Å²) in [5.74, 6) is -1.41. The van der Waals surface area contributed by atoms with Crippen LogP contribution in [0.1, 0.15) is 67.2 Å². The standard InChI is InChI=1S/C22H25F3N2O4/c1-3-30-20(29)21(2)11-9-16(10-12-21)27-18(22(23,24)25)17(13-26-27)19(28)31-14-15-7-5-4-6-8-15/h4-8,13,16H,3,9-12,14H2,1-2H3. The van der Waals surface area contributed by atoms with Gasteiger partial charge < -0.3 is 9.47 Å². The van der Waals surface area contributed by atoms with Crippen LogP contribution in [0, 0.1) is 5.41 Å². The SMILES string of the molecule is CCOC(=O)C1(C)CCC(n2ncc(C(=O)OCc3ccccc3)c2C(F)(F)F)CC1. The molecule has 0 radical (unpaired) electrons. The molecule has 1 aromatic carbocycles. The van der Waals surface area contributed by atoms with Crippen molar-refractivity contribution in [3.8, 4) is 0 Å². The molecule has 1 aromatic heterocycles. The van der Waals surface area contributed by atoms with Gasteiger partial charge in [0.05, 0.1) is 24.3 Å². The van der Waals surface area contributed by atoms with Crippen molar-refractivity contribution in [2.75, 3.05) is 6.61 Å². The molecular weight excluding hydrogens is 413 g/mol. The van der Waals surface area contributed by atoms with E-state index >= 15 is 0 Å². The molecule has 31 heavy (non-hydrogen) atoms. The van der Waals surface area contributed by atoms with Gasteiger partial charge in [0.15, 0.2) is 5.69 Å². The second kappa shape index (κ2) is 9.11. The Bertz CT molecular complexity index is 917. The molecule has 0 atom stereocenters. The fourth-order valence-electron chi connectivity index (χ4n) is 3.87. The molecule has 1 saturated carbocycles. The van der Waals surface area contributed by atoms with Crippen LogP contribution in [-0.4, -0.2) is 28.3 Å². The summed E-state index contributed by atoms with van der Waals surface area (Å²) in [6.07, 6.45) is -2.48. The summed E-state index contributed by atoms with van der Waals surface area (Å²) >= 11 is 0. The number of aromatic nitrogens is 2. The van der Waals surface area contributed by atoms with E-state index in [0.717, 1.165) is 10.9 Å². The molecule has 1 aliphatic rings. The molecule has 0 saturated heterocycles. The third-order valence-corrected chi connectivity index (χ3v) is 5.67. The summed E-state index contributed by atoms with van der Waals surface area (Å²) in [4.78, 5) is 24.6. The van der Waals surface area contributed by atoms with Gasteiger partial charge in [0.25, 0.3) is 0 Å². The van der Waals surface area contributed by atoms with Gasteiger partial charge in [0.1, 0.15) is 12.2 Å². The van der Waals surface area contributed by atoms with Crippen molar-refractivity contribution < 1.29 is 32.2 Å². The molecule has 1 aliphatic carbocycles. The van der Waals surface area contributed by atoms with Gasteiger partial charge in [-0.25, -0.2) is 4.79 Å². The Morgan fingerprint density at radius 1 is 1.16 bits per heavy atom. The van der Waals surface area contributed by atoms with Crippen molar-refractivity contribution in [2.24, 2.45) is 5.41 Å². The fourth-order valence-corrected chi connectivity index (χ4v) is 3.87. The second-order valence-corrected chi connectivity index (χ2v) is 7.92. The quantitative estimate of drug-likeness (QED) is 0.598. The first-order valence-electron chi connectivity index (χ1n) is 10.2. The molecule has 0 spiro atoms. The van der Waals surface area contributed by atoms with Crippen LogP contribution in [0.3, 0.4) is 0 Å². The Labute approximate surface area is 178 Å². The summed E-state index contributed by atoms with van der Waals surface area (Å²) in [5.41, 5.74) is -1.78. The van der Waals surface area contributed by atoms with Gasteiger partial charge in [-0.15, -0.1) is 0 Å². The number of benzene rings is 1. The second-order valence-electron chi connectivity index (χ2n) is 7.92. The number of esters is 2. The number of hydrogen-bond acceptors (Lipinski definition) is 5. The number of hydrogen-bond donors (Lipinski definition) is 0. The lowest BCUT2D eigenvalue weighted by Crippen LogP contribution is -2.36. The van der Waals surface area contributed by atoms with Crippen LogP contribution in [0.5, 0.6) is 0 Å². The van der Waals surface area contributed by atoms with E-state index in [4.69, 9.17) is 9.47 Å². The number of ether oxygens (including phenoxy) is 2. The van der Waals surface area contributed by atoms with Crippen LogP contribution in [0.25, 0.3) is 0 Å². The molecule has 2 aromatic rings. The summed E-state index contributed by atoms with van der Waals surface area (Å²) in [6.45, 7) is 3.60. The lowest BCUT2D eigenvalue weighted by atomic mass is 9.74. The zero-order chi connectivity index (χ0) is 22.6. The Hall–Kier alpha value is -2.84. The first-order valence-corrected chi connectivity index (χ1v) is 10.2. The number of carbonyl (C=O) groups excluding carboxylic acids is 2. The third kappa shape index (κ3) is 5.08. The van der Waals surface area contributed by atoms with Gasteiger partial charge in [0, 0.05) is 0 Å². The summed E-state index contributed by atoms with van der Waals surface area (Å²) in [6, 6.07) is 8.13. The van der Waals surface area contributed by atoms with Crippen molar-refractivity contribution in [3.63, 3.8) is 0 Å². The maximum absolute atomic E-state index is 13.9. The van der Waals surface area contributed by atoms with Gasteiger partial charge in [-0.2, -0.15) is 18.3 Å². The maximum atomic E-state index is 13.9. The van der Waals surface area contributed by atoms with Gasteiger partial charge in [-0.3, -0.25) is 9.48 Å². The maximum Gasteiger partial charge on any atom is 0.433 e. The van der Waals surface area contributed by atoms with Gasteiger partial charge >= 0.3 is 18.1 Å². The highest BCUT2D eigenvalue weighted by molar-refractivity contribution is 5.90. The Balaban J connectivity index is 1.77. The fraction of sp³-hybridized carbons (Fsp3) is 0.500. The van der Waals surface area contributed by atoms with E-state index < -0.39 is 34.9 Å². The van der Waals surface area contributed by atoms with Gasteiger partial charge in [0.2, 0.25) is 0 Å². The van der Waals surface area contributed by atoms with Crippen LogP contribution in [0.4, 0.5) is 13.2 Å². The van der Waals surface area contributed by atoms with Crippen LogP contribution in [0.2, 0.25) is 0 Å². The van der Waals surface area contributed by atoms with E-state index in [0.29, 0.717) is 31.2 Å². The topological polar surface area (TPSA) is 70.4 Å². The van der Waals surface area contributed by atoms with E-state index in [9.17, 15) is 22.8 Å². The summed E-state index contributed by atoms with van der Waals surface area (Å²) in [7, 11) is 0. The van der Waals surface area contributed by atoms with Crippen molar-refractivity contribution in [1.29, 1.82) is 0 Å². The highest BCUT2D eigenvalue weighted by Crippen LogP contribution is 2.44. The van der Waals surface area contributed by atoms with E-state index in [1.54, 1.807) is 44.2 Å². The minimum atomic E-state index is -4.78. The molecule has 1 fully saturated rings. The van der Waals surface area contributed by atoms with Crippen molar-refractivity contribution >= 4 is 11.9 Å². The Kier molecular flexibility index (Phi) is 6.71. The molecular formula is C22H25F3N2O4. The Morgan fingerprint density at radius 2 is 1.81 bits per heavy atom. The lowest BCUT2D eigenvalue weighted by molar-refractivity contribution is -0.157. The first kappa shape index (κ1) is 22.8. The zero-order valence-corrected chi connectivity index (χ0v) is 17.4. The van der Waals surface area contributed by atoms with Gasteiger partial charge in [-0.05, 0) is 45.1 Å². The summed E-state index contributed by atoms with van der Waals surface area (Å²) < 4.78 is 52.6. The van der Waals surface area contributed by atoms with E-state index in [1.165, 1.54) is 0 Å². The van der Waals surface area contributed by atoms with E-state index in [-0.39, 0.29) is 19.2 Å². The molecule has 0 unspecified atom stereocenters. The largest absolute Gasteiger partial charge is 0.466 e. The Morgan fingerprint density at radius 3 is 2.39 bits per heavy atom. The third-order valence-electron chi connectivity index (χ3n) is 5.67. The minimum Gasteiger partial charge on any atom is -0.466 e. The predicted octanol–water partition coefficient (Wildman–Crippen LogP) is 4.94. The number of halogens is 3. The first-order chi connectivity index (χ1) is 14.7. The average Bonchev–Trinajstić information content (AvgIpc) is 3.19. The molecule has 0 bridgehead atoms. The molecule has 168 valence electrons. The summed E-state index contributed by atoms with van der Waals surface area (Å²) in [5, 5.41) is 3.89. The zero-order valence-electron chi connectivity index (χ0n) is 17.4. The minimum absolute atomic E-state index is 0.135. The van der Waals surface area contributed by atoms with Crippen LogP contribution < -0.4 is 0 Å². The van der Waals surface area contributed by atoms with E-state index in [1.807, 2.05) is 0 Å². The normalized spacial score (nSPS) is 21.5. The number of nitrogens with zero attached hydrogens (tertiary/aromatic N) is 2. The highest BCUT2D eigenvalue weighted by Gasteiger charge is 2.45. The van der Waals surface area contributed by atoms with E-state index in [2.05, 4.69) is 5.10 Å². The predicted molar refractivity (Wildman–Crippen MR) is 105 cm³/mol. The number of rotatable bonds is 6. The monoisotopic (exact) mass is 438 g/mol. The molecule has 0 aliphatic heterocycles. The smallest absolute Gasteiger partial charge is 0.433 e. The number of alkyl halides is 3.